The van der Waals surface area contributed by atoms with Gasteiger partial charge in [-0.2, -0.15) is 0 Å². The first-order valence-corrected chi connectivity index (χ1v) is 56.1. The molecule has 0 bridgehead atoms. The molecule has 0 saturated carbocycles. The van der Waals surface area contributed by atoms with Gasteiger partial charge in [0, 0.05) is 49.3 Å². The third kappa shape index (κ3) is 15.0. The predicted molar refractivity (Wildman–Crippen MR) is 624 cm³/mol. The number of rotatable bonds is 35. The Hall–Kier alpha value is -13.2. The molecule has 724 valence electrons. The van der Waals surface area contributed by atoms with Gasteiger partial charge in [0.05, 0.1) is 0 Å². The van der Waals surface area contributed by atoms with Crippen LogP contribution in [0.2, 0.25) is 0 Å². The zero-order valence-corrected chi connectivity index (χ0v) is 87.9. The number of benzene rings is 17. The number of furan rings is 1. The van der Waals surface area contributed by atoms with E-state index >= 15 is 0 Å². The van der Waals surface area contributed by atoms with E-state index in [1.54, 1.807) is 22.3 Å². The molecule has 17 aromatic carbocycles. The van der Waals surface area contributed by atoms with Crippen molar-refractivity contribution < 1.29 is 4.42 Å². The third-order valence-corrected chi connectivity index (χ3v) is 36.6. The largest absolute Gasteiger partial charge is 0.455 e. The Morgan fingerprint density at radius 3 is 0.924 bits per heavy atom. The van der Waals surface area contributed by atoms with Crippen LogP contribution < -0.4 is 0 Å². The molecule has 0 radical (unpaired) electrons. The molecular weight excluding hydrogens is 1750 g/mol. The average Bonchev–Trinajstić information content (AvgIpc) is 1.50. The molecule has 0 amide bonds. The molecule has 0 N–H and O–H groups in total. The smallest absolute Gasteiger partial charge is 0.144 e. The van der Waals surface area contributed by atoms with Gasteiger partial charge in [-0.25, -0.2) is 0 Å². The summed E-state index contributed by atoms with van der Waals surface area (Å²) in [5.74, 6) is 0.189. The van der Waals surface area contributed by atoms with Crippen molar-refractivity contribution in [3.63, 3.8) is 0 Å². The molecule has 1 aromatic heterocycles. The molecule has 0 spiro atoms. The SMILES string of the molecule is C=Cc1c(C=C)c(-c2ccc3c(c2)C(C)(C)c2c4c(c5c(oc6ccccc65)c2-3)-c2ccc(-c3c5ccccc5c(-c5ccc6c(c5)C(C)(C)c5cc(-c7ccc8c(c7)C(CCCCCCCC)(CCCCCCCC)c7ccccc7-8)ccc5-6)c5ccccc35)cc2C4(C)C)c2ccccc2c1-c1ccc2c(c1)C(C)c1cc(-c3ccc4c(c3)C(CCCCCCC)(CCCCCCCC)c3ccccc3-4)ccc1-2. The van der Waals surface area contributed by atoms with Crippen LogP contribution in [0.3, 0.4) is 0 Å². The van der Waals surface area contributed by atoms with Crippen molar-refractivity contribution in [1.29, 1.82) is 0 Å². The third-order valence-electron chi connectivity index (χ3n) is 36.6. The van der Waals surface area contributed by atoms with Crippen molar-refractivity contribution in [2.45, 2.75) is 283 Å². The fourth-order valence-electron chi connectivity index (χ4n) is 29.3. The van der Waals surface area contributed by atoms with E-state index in [0.29, 0.717) is 0 Å². The van der Waals surface area contributed by atoms with Crippen molar-refractivity contribution in [3.8, 4) is 134 Å². The predicted octanol–water partition coefficient (Wildman–Crippen LogP) is 42.5. The molecule has 0 aliphatic heterocycles. The van der Waals surface area contributed by atoms with Gasteiger partial charge in [-0.3, -0.25) is 0 Å². The van der Waals surface area contributed by atoms with E-state index in [2.05, 4.69) is 379 Å². The van der Waals surface area contributed by atoms with Gasteiger partial charge in [-0.1, -0.05) is 486 Å². The fraction of sp³-hybridized carbons (Fsp3) is 0.306. The molecule has 0 saturated heterocycles. The zero-order chi connectivity index (χ0) is 98.9. The molecule has 1 heterocycles. The van der Waals surface area contributed by atoms with Gasteiger partial charge in [0.25, 0.3) is 0 Å². The van der Waals surface area contributed by atoms with E-state index < -0.39 is 10.8 Å². The minimum Gasteiger partial charge on any atom is -0.455 e. The van der Waals surface area contributed by atoms with Crippen LogP contribution >= 0.6 is 0 Å². The van der Waals surface area contributed by atoms with E-state index in [-0.39, 0.29) is 22.2 Å². The Kier molecular flexibility index (Phi) is 24.5. The van der Waals surface area contributed by atoms with Gasteiger partial charge in [0.2, 0.25) is 0 Å². The molecular formula is C144H142O. The van der Waals surface area contributed by atoms with Crippen LogP contribution in [-0.2, 0) is 27.1 Å². The molecule has 6 aliphatic carbocycles. The van der Waals surface area contributed by atoms with Crippen LogP contribution in [0.15, 0.2) is 309 Å². The van der Waals surface area contributed by atoms with Crippen molar-refractivity contribution in [3.05, 3.63) is 382 Å². The molecule has 145 heavy (non-hydrogen) atoms. The minimum absolute atomic E-state index is 0.0228. The van der Waals surface area contributed by atoms with Crippen LogP contribution in [-0.4, -0.2) is 0 Å². The number of hydrogen-bond donors (Lipinski definition) is 0. The average molecular weight is 1890 g/mol. The van der Waals surface area contributed by atoms with Crippen LogP contribution in [0.4, 0.5) is 0 Å². The highest BCUT2D eigenvalue weighted by atomic mass is 16.3. The standard InChI is InChI=1S/C144H142O/c1-14-20-24-28-32-48-80-143(79-47-31-27-23-17-4)121-60-44-41-51-104(121)108-74-65-94(86-127(108)143)92-63-71-102-103-72-67-96(84-120(103)91(7)119(102)83-92)130-100(18-5)101(19-6)131(111-54-36-35-53-110(111)130)97-70-78-117-126(89-97)142(12,13)138-136(117)139-135(118-59-43-46-62-129(118)145-139)134-116-77-69-99(90-125(116)141(10,11)137(134)138)133-114-57-39-37-55-112(114)132(113-56-38-40-58-115(113)133)98-68-76-107-106-73-64-93(85-123(106)140(8,9)124(107)88-98)95-66-75-109-105-52-42-45-61-122(105)144(128(109)87-95,81-49-33-29-25-21-15-2)82-50-34-30-26-22-16-3/h18-19,35-46,51-78,83-91H,5-6,14-17,20-34,47-50,79-82H2,1-4,7-13H3. The molecule has 24 rings (SSSR count). The second-order valence-corrected chi connectivity index (χ2v) is 45.9. The van der Waals surface area contributed by atoms with Gasteiger partial charge >= 0.3 is 0 Å². The monoisotopic (exact) mass is 1890 g/mol. The Morgan fingerprint density at radius 2 is 0.517 bits per heavy atom. The molecule has 2 atom stereocenters. The molecule has 18 aromatic rings. The maximum absolute atomic E-state index is 7.44. The van der Waals surface area contributed by atoms with Crippen LogP contribution in [0.25, 0.3) is 200 Å². The molecule has 2 unspecified atom stereocenters. The number of fused-ring (bicyclic) bond motifs is 27. The van der Waals surface area contributed by atoms with Crippen LogP contribution in [0.1, 0.15) is 333 Å². The second kappa shape index (κ2) is 37.7. The van der Waals surface area contributed by atoms with Gasteiger partial charge < -0.3 is 4.42 Å². The first-order chi connectivity index (χ1) is 70.9. The summed E-state index contributed by atoms with van der Waals surface area (Å²) in [5.41, 5.74) is 51.5. The lowest BCUT2D eigenvalue weighted by Gasteiger charge is -2.33. The van der Waals surface area contributed by atoms with E-state index in [9.17, 15) is 0 Å². The summed E-state index contributed by atoms with van der Waals surface area (Å²) in [7, 11) is 0. The van der Waals surface area contributed by atoms with Crippen molar-refractivity contribution in [2.24, 2.45) is 0 Å². The van der Waals surface area contributed by atoms with E-state index in [0.717, 1.165) is 27.7 Å². The Bertz CT molecular complexity index is 8180. The molecule has 1 nitrogen and oxygen atoms in total. The minimum atomic E-state index is -0.463. The first-order valence-electron chi connectivity index (χ1n) is 56.1. The second-order valence-electron chi connectivity index (χ2n) is 45.9. The summed E-state index contributed by atoms with van der Waals surface area (Å²) < 4.78 is 7.44. The highest BCUT2D eigenvalue weighted by Crippen LogP contribution is 2.67. The first kappa shape index (κ1) is 94.1. The number of unbranched alkanes of at least 4 members (excludes halogenated alkanes) is 19. The van der Waals surface area contributed by atoms with Crippen molar-refractivity contribution in [2.75, 3.05) is 0 Å². The van der Waals surface area contributed by atoms with Crippen molar-refractivity contribution >= 4 is 66.4 Å². The van der Waals surface area contributed by atoms with Crippen LogP contribution in [0.5, 0.6) is 0 Å². The Morgan fingerprint density at radius 1 is 0.241 bits per heavy atom. The van der Waals surface area contributed by atoms with E-state index in [1.165, 1.54) is 389 Å². The van der Waals surface area contributed by atoms with Gasteiger partial charge in [-0.05, 0) is 318 Å². The van der Waals surface area contributed by atoms with E-state index in [4.69, 9.17) is 17.6 Å². The Balaban J connectivity index is 0.553. The summed E-state index contributed by atoms with van der Waals surface area (Å²) in [4.78, 5) is 0. The Labute approximate surface area is 862 Å². The molecule has 0 fully saturated rings. The lowest BCUT2D eigenvalue weighted by atomic mass is 9.70. The van der Waals surface area contributed by atoms with E-state index in [1.807, 2.05) is 0 Å². The lowest BCUT2D eigenvalue weighted by Crippen LogP contribution is -2.25. The highest BCUT2D eigenvalue weighted by Gasteiger charge is 2.51. The summed E-state index contributed by atoms with van der Waals surface area (Å²) >= 11 is 0. The quantitative estimate of drug-likeness (QED) is 0.0285. The summed E-state index contributed by atoms with van der Waals surface area (Å²) in [6.07, 6.45) is 39.2. The summed E-state index contributed by atoms with van der Waals surface area (Å²) in [5, 5.41) is 9.81. The summed E-state index contributed by atoms with van der Waals surface area (Å²) in [6.45, 7) is 36.2. The molecule has 1 heteroatoms. The number of para-hydroxylation sites is 1. The maximum Gasteiger partial charge on any atom is 0.144 e. The zero-order valence-electron chi connectivity index (χ0n) is 87.9. The summed E-state index contributed by atoms with van der Waals surface area (Å²) in [6, 6.07) is 115. The van der Waals surface area contributed by atoms with Gasteiger partial charge in [-0.15, -0.1) is 0 Å². The van der Waals surface area contributed by atoms with Gasteiger partial charge in [0.15, 0.2) is 0 Å². The normalized spacial score (nSPS) is 16.0. The fourth-order valence-corrected chi connectivity index (χ4v) is 29.3. The van der Waals surface area contributed by atoms with Crippen LogP contribution in [0, 0.1) is 0 Å². The maximum atomic E-state index is 7.44. The topological polar surface area (TPSA) is 13.1 Å². The lowest BCUT2D eigenvalue weighted by molar-refractivity contribution is 0.398. The van der Waals surface area contributed by atoms with Gasteiger partial charge in [0.1, 0.15) is 11.2 Å². The highest BCUT2D eigenvalue weighted by molar-refractivity contribution is 6.24. The number of hydrogen-bond acceptors (Lipinski definition) is 1. The molecule has 6 aliphatic rings. The van der Waals surface area contributed by atoms with Crippen molar-refractivity contribution in [1.82, 2.24) is 0 Å².